The van der Waals surface area contributed by atoms with Gasteiger partial charge < -0.3 is 19.3 Å². The number of benzene rings is 2. The number of hydrogen-bond donors (Lipinski definition) is 0. The van der Waals surface area contributed by atoms with Gasteiger partial charge in [-0.3, -0.25) is 4.79 Å². The molecule has 1 atom stereocenters. The smallest absolute Gasteiger partial charge is 0.254 e. The summed E-state index contributed by atoms with van der Waals surface area (Å²) < 4.78 is 11.4. The molecule has 0 radical (unpaired) electrons. The van der Waals surface area contributed by atoms with Crippen molar-refractivity contribution in [1.82, 2.24) is 4.90 Å². The number of anilines is 1. The van der Waals surface area contributed by atoms with Crippen LogP contribution in [0.15, 0.2) is 48.5 Å². The Labute approximate surface area is 167 Å². The van der Waals surface area contributed by atoms with Crippen molar-refractivity contribution in [3.8, 4) is 5.75 Å². The number of nitrogens with zero attached hydrogens (tertiary/aromatic N) is 2. The average Bonchev–Trinajstić information content (AvgIpc) is 3.21. The predicted molar refractivity (Wildman–Crippen MR) is 112 cm³/mol. The topological polar surface area (TPSA) is 42.0 Å². The Morgan fingerprint density at radius 2 is 1.96 bits per heavy atom. The molecule has 0 N–H and O–H groups in total. The van der Waals surface area contributed by atoms with Crippen molar-refractivity contribution in [2.75, 3.05) is 38.8 Å². The Kier molecular flexibility index (Phi) is 6.93. The summed E-state index contributed by atoms with van der Waals surface area (Å²) in [5, 5.41) is 0. The lowest BCUT2D eigenvalue weighted by molar-refractivity contribution is 0.0507. The molecule has 1 aliphatic rings. The zero-order valence-corrected chi connectivity index (χ0v) is 17.1. The largest absolute Gasteiger partial charge is 0.494 e. The molecular formula is C23H30N2O3. The average molecular weight is 383 g/mol. The van der Waals surface area contributed by atoms with Gasteiger partial charge in [0.25, 0.3) is 5.91 Å². The van der Waals surface area contributed by atoms with Crippen LogP contribution in [0.2, 0.25) is 0 Å². The Morgan fingerprint density at radius 1 is 1.18 bits per heavy atom. The third kappa shape index (κ3) is 5.26. The maximum atomic E-state index is 13.3. The molecule has 1 fully saturated rings. The molecule has 28 heavy (non-hydrogen) atoms. The summed E-state index contributed by atoms with van der Waals surface area (Å²) in [7, 11) is 4.04. The van der Waals surface area contributed by atoms with E-state index in [1.165, 1.54) is 0 Å². The minimum Gasteiger partial charge on any atom is -0.494 e. The maximum Gasteiger partial charge on any atom is 0.254 e. The molecule has 5 nitrogen and oxygen atoms in total. The van der Waals surface area contributed by atoms with Crippen molar-refractivity contribution < 1.29 is 14.3 Å². The van der Waals surface area contributed by atoms with Crippen LogP contribution in [0, 0.1) is 0 Å². The number of amides is 1. The van der Waals surface area contributed by atoms with Crippen molar-refractivity contribution in [2.45, 2.75) is 32.4 Å². The monoisotopic (exact) mass is 382 g/mol. The number of ether oxygens (including phenoxy) is 2. The van der Waals surface area contributed by atoms with E-state index in [1.54, 1.807) is 0 Å². The highest BCUT2D eigenvalue weighted by Crippen LogP contribution is 2.21. The van der Waals surface area contributed by atoms with Gasteiger partial charge in [0.15, 0.2) is 0 Å². The fourth-order valence-corrected chi connectivity index (χ4v) is 3.44. The molecule has 1 heterocycles. The van der Waals surface area contributed by atoms with Gasteiger partial charge in [-0.05, 0) is 55.7 Å². The van der Waals surface area contributed by atoms with Crippen LogP contribution in [0.1, 0.15) is 35.7 Å². The molecule has 1 aliphatic heterocycles. The van der Waals surface area contributed by atoms with Gasteiger partial charge in [-0.25, -0.2) is 0 Å². The zero-order chi connectivity index (χ0) is 19.9. The summed E-state index contributed by atoms with van der Waals surface area (Å²) in [4.78, 5) is 17.2. The van der Waals surface area contributed by atoms with E-state index < -0.39 is 0 Å². The van der Waals surface area contributed by atoms with Gasteiger partial charge in [-0.1, -0.05) is 18.2 Å². The molecule has 2 aromatic rings. The Balaban J connectivity index is 1.79. The molecule has 0 saturated carbocycles. The van der Waals surface area contributed by atoms with Crippen LogP contribution in [0.3, 0.4) is 0 Å². The molecule has 0 aromatic heterocycles. The first-order chi connectivity index (χ1) is 13.6. The van der Waals surface area contributed by atoms with E-state index in [0.717, 1.165) is 36.4 Å². The minimum atomic E-state index is 0.00809. The van der Waals surface area contributed by atoms with E-state index in [1.807, 2.05) is 50.2 Å². The molecular weight excluding hydrogens is 352 g/mol. The SMILES string of the molecule is CCOc1cccc(C(=O)N(Cc2ccc(N(C)C)cc2)C[C@H]2CCCO2)c1. The molecule has 0 bridgehead atoms. The van der Waals surface area contributed by atoms with Crippen LogP contribution in [-0.4, -0.2) is 50.8 Å². The van der Waals surface area contributed by atoms with E-state index in [4.69, 9.17) is 9.47 Å². The molecule has 2 aromatic carbocycles. The number of carbonyl (C=O) groups is 1. The third-order valence-corrected chi connectivity index (χ3v) is 4.95. The quantitative estimate of drug-likeness (QED) is 0.693. The lowest BCUT2D eigenvalue weighted by Gasteiger charge is -2.26. The Bertz CT molecular complexity index is 768. The van der Waals surface area contributed by atoms with E-state index in [2.05, 4.69) is 29.2 Å². The first kappa shape index (κ1) is 20.2. The van der Waals surface area contributed by atoms with Gasteiger partial charge in [0, 0.05) is 45.0 Å². The Hall–Kier alpha value is -2.53. The normalized spacial score (nSPS) is 16.0. The molecule has 1 amide bonds. The third-order valence-electron chi connectivity index (χ3n) is 4.95. The van der Waals surface area contributed by atoms with E-state index in [-0.39, 0.29) is 12.0 Å². The van der Waals surface area contributed by atoms with Crippen molar-refractivity contribution in [2.24, 2.45) is 0 Å². The van der Waals surface area contributed by atoms with E-state index in [0.29, 0.717) is 25.3 Å². The minimum absolute atomic E-state index is 0.00809. The van der Waals surface area contributed by atoms with Crippen molar-refractivity contribution in [3.63, 3.8) is 0 Å². The van der Waals surface area contributed by atoms with Gasteiger partial charge in [0.05, 0.1) is 12.7 Å². The van der Waals surface area contributed by atoms with Gasteiger partial charge in [-0.2, -0.15) is 0 Å². The molecule has 3 rings (SSSR count). The predicted octanol–water partition coefficient (Wildman–Crippen LogP) is 3.97. The lowest BCUT2D eigenvalue weighted by atomic mass is 10.1. The number of carbonyl (C=O) groups excluding carboxylic acids is 1. The number of rotatable bonds is 8. The molecule has 5 heteroatoms. The maximum absolute atomic E-state index is 13.3. The van der Waals surface area contributed by atoms with Crippen LogP contribution in [0.4, 0.5) is 5.69 Å². The summed E-state index contributed by atoms with van der Waals surface area (Å²) in [6, 6.07) is 15.8. The van der Waals surface area contributed by atoms with Crippen molar-refractivity contribution >= 4 is 11.6 Å². The second-order valence-electron chi connectivity index (χ2n) is 7.34. The first-order valence-electron chi connectivity index (χ1n) is 9.97. The first-order valence-corrected chi connectivity index (χ1v) is 9.97. The van der Waals surface area contributed by atoms with Gasteiger partial charge in [0.2, 0.25) is 0 Å². The van der Waals surface area contributed by atoms with E-state index >= 15 is 0 Å². The van der Waals surface area contributed by atoms with E-state index in [9.17, 15) is 4.79 Å². The second kappa shape index (κ2) is 9.60. The summed E-state index contributed by atoms with van der Waals surface area (Å²) in [5.41, 5.74) is 2.90. The molecule has 0 spiro atoms. The van der Waals surface area contributed by atoms with Gasteiger partial charge in [0.1, 0.15) is 5.75 Å². The van der Waals surface area contributed by atoms with Crippen LogP contribution in [0.25, 0.3) is 0 Å². The Morgan fingerprint density at radius 3 is 2.61 bits per heavy atom. The highest BCUT2D eigenvalue weighted by molar-refractivity contribution is 5.94. The van der Waals surface area contributed by atoms with Crippen LogP contribution in [-0.2, 0) is 11.3 Å². The van der Waals surface area contributed by atoms with Gasteiger partial charge in [-0.15, -0.1) is 0 Å². The zero-order valence-electron chi connectivity index (χ0n) is 17.1. The summed E-state index contributed by atoms with van der Waals surface area (Å²) in [6.07, 6.45) is 2.17. The highest BCUT2D eigenvalue weighted by atomic mass is 16.5. The molecule has 0 aliphatic carbocycles. The number of hydrogen-bond acceptors (Lipinski definition) is 4. The molecule has 150 valence electrons. The fraction of sp³-hybridized carbons (Fsp3) is 0.435. The van der Waals surface area contributed by atoms with Gasteiger partial charge >= 0.3 is 0 Å². The lowest BCUT2D eigenvalue weighted by Crippen LogP contribution is -2.37. The fourth-order valence-electron chi connectivity index (χ4n) is 3.44. The summed E-state index contributed by atoms with van der Waals surface area (Å²) in [6.45, 7) is 4.47. The molecule has 1 saturated heterocycles. The second-order valence-corrected chi connectivity index (χ2v) is 7.34. The van der Waals surface area contributed by atoms with Crippen LogP contribution in [0.5, 0.6) is 5.75 Å². The summed E-state index contributed by atoms with van der Waals surface area (Å²) >= 11 is 0. The van der Waals surface area contributed by atoms with Crippen LogP contribution >= 0.6 is 0 Å². The van der Waals surface area contributed by atoms with Crippen molar-refractivity contribution in [1.29, 1.82) is 0 Å². The van der Waals surface area contributed by atoms with Crippen LogP contribution < -0.4 is 9.64 Å². The highest BCUT2D eigenvalue weighted by Gasteiger charge is 2.24. The van der Waals surface area contributed by atoms with Crippen molar-refractivity contribution in [3.05, 3.63) is 59.7 Å². The summed E-state index contributed by atoms with van der Waals surface area (Å²) in [5.74, 6) is 0.731. The standard InChI is InChI=1S/C23H30N2O3/c1-4-27-21-8-5-7-19(15-21)23(26)25(17-22-9-6-14-28-22)16-18-10-12-20(13-11-18)24(2)3/h5,7-8,10-13,15,22H,4,6,9,14,16-17H2,1-3H3/t22-/m1/s1. The molecule has 0 unspecified atom stereocenters.